The molecule has 1 amide bonds. The molecule has 1 unspecified atom stereocenters. The molecule has 2 aromatic carbocycles. The molecule has 6 nitrogen and oxygen atoms in total. The van der Waals surface area contributed by atoms with E-state index in [0.29, 0.717) is 11.4 Å². The molecule has 0 aliphatic heterocycles. The smallest absolute Gasteiger partial charge is 0.261 e. The monoisotopic (exact) mass is 413 g/mol. The predicted molar refractivity (Wildman–Crippen MR) is 112 cm³/mol. The Morgan fingerprint density at radius 1 is 0.929 bits per heavy atom. The van der Waals surface area contributed by atoms with Crippen LogP contribution in [0.1, 0.15) is 6.92 Å². The maximum atomic E-state index is 12.4. The molecule has 0 saturated carbocycles. The molecule has 8 heteroatoms. The van der Waals surface area contributed by atoms with Gasteiger partial charge in [0, 0.05) is 28.7 Å². The molecule has 3 aromatic rings. The Bertz CT molecular complexity index is 1030. The molecule has 0 bridgehead atoms. The normalized spacial score (nSPS) is 12.2. The van der Waals surface area contributed by atoms with Gasteiger partial charge in [-0.1, -0.05) is 18.2 Å². The van der Waals surface area contributed by atoms with Gasteiger partial charge in [0.25, 0.3) is 10.0 Å². The zero-order valence-electron chi connectivity index (χ0n) is 15.1. The number of hydrogen-bond donors (Lipinski definition) is 2. The molecular weight excluding hydrogens is 394 g/mol. The number of nitrogens with one attached hydrogen (secondary N) is 2. The van der Waals surface area contributed by atoms with Crippen molar-refractivity contribution in [2.45, 2.75) is 22.0 Å². The number of benzene rings is 2. The lowest BCUT2D eigenvalue weighted by molar-refractivity contribution is -0.115. The van der Waals surface area contributed by atoms with Gasteiger partial charge in [-0.05, 0) is 55.5 Å². The Morgan fingerprint density at radius 2 is 1.57 bits per heavy atom. The zero-order chi connectivity index (χ0) is 20.0. The number of anilines is 2. The van der Waals surface area contributed by atoms with Crippen LogP contribution in [0.5, 0.6) is 0 Å². The van der Waals surface area contributed by atoms with Crippen LogP contribution in [0.15, 0.2) is 88.9 Å². The molecule has 0 fully saturated rings. The van der Waals surface area contributed by atoms with Crippen molar-refractivity contribution in [2.24, 2.45) is 0 Å². The molecule has 144 valence electrons. The third-order valence-electron chi connectivity index (χ3n) is 3.79. The minimum absolute atomic E-state index is 0.120. The summed E-state index contributed by atoms with van der Waals surface area (Å²) in [4.78, 5) is 17.3. The van der Waals surface area contributed by atoms with Crippen LogP contribution in [0.4, 0.5) is 11.4 Å². The highest BCUT2D eigenvalue weighted by Crippen LogP contribution is 2.26. The maximum absolute atomic E-state index is 12.4. The summed E-state index contributed by atoms with van der Waals surface area (Å²) in [6, 6.07) is 18.5. The number of aromatic nitrogens is 1. The standard InChI is InChI=1S/C20H19N3O3S2/c1-15(20(24)22-16-11-13-21-14-12-16)27-18-9-7-17(8-10-18)23-28(25,26)19-5-3-2-4-6-19/h2-15,23H,1H3,(H,21,22,24). The summed E-state index contributed by atoms with van der Waals surface area (Å²) in [7, 11) is -3.62. The van der Waals surface area contributed by atoms with Gasteiger partial charge in [-0.2, -0.15) is 0 Å². The number of sulfonamides is 1. The summed E-state index contributed by atoms with van der Waals surface area (Å²) in [5.41, 5.74) is 1.15. The van der Waals surface area contributed by atoms with E-state index in [-0.39, 0.29) is 16.1 Å². The van der Waals surface area contributed by atoms with Crippen molar-refractivity contribution in [3.63, 3.8) is 0 Å². The molecule has 0 radical (unpaired) electrons. The summed E-state index contributed by atoms with van der Waals surface area (Å²) in [6.45, 7) is 1.81. The van der Waals surface area contributed by atoms with Gasteiger partial charge >= 0.3 is 0 Å². The fourth-order valence-corrected chi connectivity index (χ4v) is 4.30. The lowest BCUT2D eigenvalue weighted by Crippen LogP contribution is -2.22. The summed E-state index contributed by atoms with van der Waals surface area (Å²) in [6.07, 6.45) is 3.23. The van der Waals surface area contributed by atoms with Crippen molar-refractivity contribution in [1.82, 2.24) is 4.98 Å². The quantitative estimate of drug-likeness (QED) is 0.572. The molecule has 0 spiro atoms. The van der Waals surface area contributed by atoms with Crippen molar-refractivity contribution in [2.75, 3.05) is 10.0 Å². The van der Waals surface area contributed by atoms with E-state index in [2.05, 4.69) is 15.0 Å². The first kappa shape index (κ1) is 19.9. The third-order valence-corrected chi connectivity index (χ3v) is 6.30. The largest absolute Gasteiger partial charge is 0.325 e. The van der Waals surface area contributed by atoms with E-state index in [9.17, 15) is 13.2 Å². The van der Waals surface area contributed by atoms with Crippen LogP contribution in [-0.4, -0.2) is 24.6 Å². The number of thioether (sulfide) groups is 1. The lowest BCUT2D eigenvalue weighted by atomic mass is 10.3. The van der Waals surface area contributed by atoms with E-state index in [1.165, 1.54) is 23.9 Å². The first-order valence-corrected chi connectivity index (χ1v) is 10.9. The number of amides is 1. The average molecular weight is 414 g/mol. The van der Waals surface area contributed by atoms with Crippen LogP contribution < -0.4 is 10.0 Å². The first-order chi connectivity index (χ1) is 13.4. The van der Waals surface area contributed by atoms with Gasteiger partial charge in [0.2, 0.25) is 5.91 Å². The second-order valence-electron chi connectivity index (χ2n) is 5.93. The van der Waals surface area contributed by atoms with E-state index >= 15 is 0 Å². The summed E-state index contributed by atoms with van der Waals surface area (Å²) in [5, 5.41) is 2.51. The number of hydrogen-bond acceptors (Lipinski definition) is 5. The number of pyridine rings is 1. The average Bonchev–Trinajstić information content (AvgIpc) is 2.70. The van der Waals surface area contributed by atoms with E-state index in [0.717, 1.165) is 4.90 Å². The summed E-state index contributed by atoms with van der Waals surface area (Å²) in [5.74, 6) is -0.120. The fourth-order valence-electron chi connectivity index (χ4n) is 2.35. The molecule has 28 heavy (non-hydrogen) atoms. The molecule has 1 atom stereocenters. The molecule has 0 saturated heterocycles. The Morgan fingerprint density at radius 3 is 2.21 bits per heavy atom. The fraction of sp³-hybridized carbons (Fsp3) is 0.100. The highest BCUT2D eigenvalue weighted by atomic mass is 32.2. The van der Waals surface area contributed by atoms with Crippen molar-refractivity contribution in [3.05, 3.63) is 79.1 Å². The van der Waals surface area contributed by atoms with Crippen LogP contribution in [0.2, 0.25) is 0 Å². The van der Waals surface area contributed by atoms with Crippen molar-refractivity contribution in [1.29, 1.82) is 0 Å². The van der Waals surface area contributed by atoms with Gasteiger partial charge < -0.3 is 5.32 Å². The number of nitrogens with zero attached hydrogens (tertiary/aromatic N) is 1. The number of carbonyl (C=O) groups excluding carboxylic acids is 1. The minimum atomic E-state index is -3.62. The van der Waals surface area contributed by atoms with Crippen LogP contribution >= 0.6 is 11.8 Å². The van der Waals surface area contributed by atoms with E-state index < -0.39 is 10.0 Å². The van der Waals surface area contributed by atoms with Gasteiger partial charge in [-0.3, -0.25) is 14.5 Å². The van der Waals surface area contributed by atoms with Gasteiger partial charge in [0.1, 0.15) is 0 Å². The second kappa shape index (κ2) is 8.90. The SMILES string of the molecule is CC(Sc1ccc(NS(=O)(=O)c2ccccc2)cc1)C(=O)Nc1ccncc1. The molecular formula is C20H19N3O3S2. The number of carbonyl (C=O) groups is 1. The highest BCUT2D eigenvalue weighted by Gasteiger charge is 2.16. The van der Waals surface area contributed by atoms with Gasteiger partial charge in [0.05, 0.1) is 10.1 Å². The molecule has 2 N–H and O–H groups in total. The number of rotatable bonds is 7. The molecule has 0 aliphatic rings. The first-order valence-electron chi connectivity index (χ1n) is 8.49. The maximum Gasteiger partial charge on any atom is 0.261 e. The highest BCUT2D eigenvalue weighted by molar-refractivity contribution is 8.00. The van der Waals surface area contributed by atoms with E-state index in [4.69, 9.17) is 0 Å². The molecule has 3 rings (SSSR count). The van der Waals surface area contributed by atoms with E-state index in [1.807, 2.05) is 6.92 Å². The third kappa shape index (κ3) is 5.34. The van der Waals surface area contributed by atoms with Crippen molar-refractivity contribution in [3.8, 4) is 0 Å². The van der Waals surface area contributed by atoms with Gasteiger partial charge in [-0.15, -0.1) is 11.8 Å². The van der Waals surface area contributed by atoms with Crippen LogP contribution in [0.3, 0.4) is 0 Å². The van der Waals surface area contributed by atoms with Crippen LogP contribution in [0, 0.1) is 0 Å². The minimum Gasteiger partial charge on any atom is -0.325 e. The Hall–Kier alpha value is -2.84. The van der Waals surface area contributed by atoms with Gasteiger partial charge in [-0.25, -0.2) is 8.42 Å². The van der Waals surface area contributed by atoms with Crippen LogP contribution in [0.25, 0.3) is 0 Å². The van der Waals surface area contributed by atoms with Crippen LogP contribution in [-0.2, 0) is 14.8 Å². The van der Waals surface area contributed by atoms with Crippen molar-refractivity contribution >= 4 is 39.1 Å². The van der Waals surface area contributed by atoms with Crippen molar-refractivity contribution < 1.29 is 13.2 Å². The predicted octanol–water partition coefficient (Wildman–Crippen LogP) is 4.00. The zero-order valence-corrected chi connectivity index (χ0v) is 16.7. The molecule has 0 aliphatic carbocycles. The Labute approximate surface area is 168 Å². The van der Waals surface area contributed by atoms with E-state index in [1.54, 1.807) is 67.0 Å². The lowest BCUT2D eigenvalue weighted by Gasteiger charge is -2.13. The molecule has 1 aromatic heterocycles. The topological polar surface area (TPSA) is 88.2 Å². The summed E-state index contributed by atoms with van der Waals surface area (Å²) < 4.78 is 27.3. The van der Waals surface area contributed by atoms with Gasteiger partial charge in [0.15, 0.2) is 0 Å². The summed E-state index contributed by atoms with van der Waals surface area (Å²) >= 11 is 1.39. The second-order valence-corrected chi connectivity index (χ2v) is 9.02. The Kier molecular flexibility index (Phi) is 6.33. The molecule has 1 heterocycles. The Balaban J connectivity index is 1.60.